The minimum Gasteiger partial charge on any atom is -0.480 e. The van der Waals surface area contributed by atoms with Crippen LogP contribution in [0.4, 0.5) is 0 Å². The molecule has 1 saturated carbocycles. The molecule has 1 aliphatic heterocycles. The monoisotopic (exact) mass is 397 g/mol. The number of carboxylic acid groups (broad SMARTS) is 1. The number of nitrogens with one attached hydrogen (secondary N) is 3. The van der Waals surface area contributed by atoms with Gasteiger partial charge in [0, 0.05) is 13.1 Å². The summed E-state index contributed by atoms with van der Waals surface area (Å²) in [6, 6.07) is -1.83. The van der Waals surface area contributed by atoms with Gasteiger partial charge in [-0.05, 0) is 44.4 Å². The van der Waals surface area contributed by atoms with Gasteiger partial charge in [0.25, 0.3) is 5.91 Å². The molecule has 0 spiro atoms. The molecule has 158 valence electrons. The Balaban J connectivity index is 1.91. The van der Waals surface area contributed by atoms with Gasteiger partial charge in [0.1, 0.15) is 18.2 Å². The molecule has 2 aliphatic rings. The van der Waals surface area contributed by atoms with Crippen molar-refractivity contribution in [1.82, 2.24) is 15.5 Å². The smallest absolute Gasteiger partial charge is 0.326 e. The molecule has 0 bridgehead atoms. The van der Waals surface area contributed by atoms with Crippen molar-refractivity contribution in [3.63, 3.8) is 0 Å². The largest absolute Gasteiger partial charge is 0.480 e. The quantitative estimate of drug-likeness (QED) is 0.171. The number of nitrogens with zero attached hydrogens (tertiary/aromatic N) is 1. The van der Waals surface area contributed by atoms with Crippen LogP contribution in [-0.4, -0.2) is 70.1 Å². The summed E-state index contributed by atoms with van der Waals surface area (Å²) in [6.07, 6.45) is 4.20. The number of aliphatic carboxylic acids is 1. The van der Waals surface area contributed by atoms with E-state index in [0.29, 0.717) is 32.4 Å². The zero-order valence-electron chi connectivity index (χ0n) is 16.0. The molecule has 1 heterocycles. The summed E-state index contributed by atoms with van der Waals surface area (Å²) in [4.78, 5) is 38.2. The van der Waals surface area contributed by atoms with E-state index in [0.717, 1.165) is 25.7 Å². The molecular formula is C18H31N5O5. The molecule has 2 amide bonds. The van der Waals surface area contributed by atoms with Gasteiger partial charge in [-0.25, -0.2) is 4.79 Å². The number of guanidine groups is 1. The summed E-state index contributed by atoms with van der Waals surface area (Å²) in [7, 11) is 0. The fourth-order valence-corrected chi connectivity index (χ4v) is 4.00. The van der Waals surface area contributed by atoms with E-state index in [1.807, 2.05) is 0 Å². The molecule has 0 aromatic carbocycles. The maximum atomic E-state index is 12.7. The molecule has 7 N–H and O–H groups in total. The summed E-state index contributed by atoms with van der Waals surface area (Å²) in [5, 5.41) is 31.9. The molecule has 0 aromatic heterocycles. The predicted octanol–water partition coefficient (Wildman–Crippen LogP) is -0.639. The third-order valence-electron chi connectivity index (χ3n) is 5.54. The predicted molar refractivity (Wildman–Crippen MR) is 101 cm³/mol. The zero-order valence-corrected chi connectivity index (χ0v) is 16.0. The Bertz CT molecular complexity index is 593. The van der Waals surface area contributed by atoms with Crippen molar-refractivity contribution in [3.05, 3.63) is 0 Å². The Morgan fingerprint density at radius 2 is 1.86 bits per heavy atom. The standard InChI is InChI=1S/C18H31N5O5/c19-18(20)21-9-3-7-12(17(27)28)22-15(25)13-8-4-10-23(13)16(26)14(24)11-5-1-2-6-11/h11-14,24H,1-10H2,(H,22,25)(H,27,28)(H4,19,20,21)/t12-,13-,14?/m0/s1. The van der Waals surface area contributed by atoms with E-state index in [-0.39, 0.29) is 18.3 Å². The van der Waals surface area contributed by atoms with E-state index in [4.69, 9.17) is 11.1 Å². The first-order chi connectivity index (χ1) is 13.3. The van der Waals surface area contributed by atoms with Crippen LogP contribution in [0.5, 0.6) is 0 Å². The number of carboxylic acids is 1. The fourth-order valence-electron chi connectivity index (χ4n) is 4.00. The van der Waals surface area contributed by atoms with Gasteiger partial charge in [-0.2, -0.15) is 0 Å². The molecular weight excluding hydrogens is 366 g/mol. The van der Waals surface area contributed by atoms with Gasteiger partial charge < -0.3 is 31.5 Å². The minimum atomic E-state index is -1.15. The van der Waals surface area contributed by atoms with Crippen molar-refractivity contribution >= 4 is 23.7 Å². The molecule has 0 aromatic rings. The van der Waals surface area contributed by atoms with Gasteiger partial charge in [0.2, 0.25) is 5.91 Å². The Morgan fingerprint density at radius 1 is 1.18 bits per heavy atom. The van der Waals surface area contributed by atoms with Crippen LogP contribution in [-0.2, 0) is 14.4 Å². The van der Waals surface area contributed by atoms with Gasteiger partial charge in [0.05, 0.1) is 0 Å². The fraction of sp³-hybridized carbons (Fsp3) is 0.778. The number of rotatable bonds is 9. The molecule has 2 rings (SSSR count). The number of carbonyl (C=O) groups is 3. The van der Waals surface area contributed by atoms with Crippen LogP contribution < -0.4 is 16.4 Å². The first-order valence-electron chi connectivity index (χ1n) is 9.91. The number of nitrogens with two attached hydrogens (primary N) is 1. The summed E-state index contributed by atoms with van der Waals surface area (Å²) < 4.78 is 0. The molecule has 1 aliphatic carbocycles. The van der Waals surface area contributed by atoms with Crippen molar-refractivity contribution in [2.45, 2.75) is 69.6 Å². The third kappa shape index (κ3) is 5.82. The molecule has 1 unspecified atom stereocenters. The van der Waals surface area contributed by atoms with E-state index in [1.165, 1.54) is 4.90 Å². The maximum Gasteiger partial charge on any atom is 0.326 e. The first-order valence-corrected chi connectivity index (χ1v) is 9.91. The van der Waals surface area contributed by atoms with Crippen LogP contribution in [0.1, 0.15) is 51.4 Å². The van der Waals surface area contributed by atoms with Crippen LogP contribution in [0, 0.1) is 11.3 Å². The zero-order chi connectivity index (χ0) is 20.7. The molecule has 3 atom stereocenters. The number of amides is 2. The van der Waals surface area contributed by atoms with Crippen molar-refractivity contribution in [2.24, 2.45) is 11.7 Å². The third-order valence-corrected chi connectivity index (χ3v) is 5.54. The average Bonchev–Trinajstić information content (AvgIpc) is 3.34. The number of hydrogen-bond acceptors (Lipinski definition) is 5. The van der Waals surface area contributed by atoms with E-state index >= 15 is 0 Å². The van der Waals surface area contributed by atoms with E-state index in [2.05, 4.69) is 10.6 Å². The second-order valence-corrected chi connectivity index (χ2v) is 7.56. The lowest BCUT2D eigenvalue weighted by atomic mass is 9.99. The number of aliphatic hydroxyl groups is 1. The lowest BCUT2D eigenvalue weighted by Crippen LogP contribution is -2.53. The van der Waals surface area contributed by atoms with Gasteiger partial charge in [-0.3, -0.25) is 15.0 Å². The topological polar surface area (TPSA) is 169 Å². The number of aliphatic hydroxyl groups excluding tert-OH is 1. The van der Waals surface area contributed by atoms with E-state index in [9.17, 15) is 24.6 Å². The maximum absolute atomic E-state index is 12.7. The Labute approximate surface area is 164 Å². The van der Waals surface area contributed by atoms with Gasteiger partial charge in [-0.1, -0.05) is 12.8 Å². The molecule has 2 fully saturated rings. The number of carbonyl (C=O) groups excluding carboxylic acids is 2. The van der Waals surface area contributed by atoms with E-state index in [1.54, 1.807) is 0 Å². The Kier molecular flexibility index (Phi) is 8.04. The van der Waals surface area contributed by atoms with Crippen LogP contribution in [0.25, 0.3) is 0 Å². The lowest BCUT2D eigenvalue weighted by molar-refractivity contribution is -0.148. The van der Waals surface area contributed by atoms with Crippen molar-refractivity contribution in [2.75, 3.05) is 13.1 Å². The van der Waals surface area contributed by atoms with Crippen LogP contribution >= 0.6 is 0 Å². The average molecular weight is 397 g/mol. The van der Waals surface area contributed by atoms with Gasteiger partial charge in [-0.15, -0.1) is 0 Å². The highest BCUT2D eigenvalue weighted by atomic mass is 16.4. The first kappa shape index (κ1) is 21.9. The van der Waals surface area contributed by atoms with E-state index < -0.39 is 36.0 Å². The number of hydrogen-bond donors (Lipinski definition) is 6. The molecule has 10 heteroatoms. The summed E-state index contributed by atoms with van der Waals surface area (Å²) >= 11 is 0. The molecule has 10 nitrogen and oxygen atoms in total. The van der Waals surface area contributed by atoms with Crippen molar-refractivity contribution in [1.29, 1.82) is 5.41 Å². The highest BCUT2D eigenvalue weighted by molar-refractivity contribution is 5.92. The van der Waals surface area contributed by atoms with Crippen LogP contribution in [0.15, 0.2) is 0 Å². The minimum absolute atomic E-state index is 0.0580. The normalized spacial score (nSPS) is 21.9. The number of likely N-dealkylation sites (tertiary alicyclic amines) is 1. The van der Waals surface area contributed by atoms with Gasteiger partial charge >= 0.3 is 5.97 Å². The van der Waals surface area contributed by atoms with Gasteiger partial charge in [0.15, 0.2) is 5.96 Å². The van der Waals surface area contributed by atoms with Crippen LogP contribution in [0.3, 0.4) is 0 Å². The summed E-state index contributed by atoms with van der Waals surface area (Å²) in [5.74, 6) is -2.34. The highest BCUT2D eigenvalue weighted by Gasteiger charge is 2.40. The second-order valence-electron chi connectivity index (χ2n) is 7.56. The van der Waals surface area contributed by atoms with Crippen LogP contribution in [0.2, 0.25) is 0 Å². The molecule has 1 saturated heterocycles. The molecule has 28 heavy (non-hydrogen) atoms. The Hall–Kier alpha value is -2.36. The van der Waals surface area contributed by atoms with Crippen molar-refractivity contribution < 1.29 is 24.6 Å². The molecule has 0 radical (unpaired) electrons. The highest BCUT2D eigenvalue weighted by Crippen LogP contribution is 2.30. The van der Waals surface area contributed by atoms with Crippen molar-refractivity contribution in [3.8, 4) is 0 Å². The SMILES string of the molecule is N=C(N)NCCC[C@H](NC(=O)[C@@H]1CCCN1C(=O)C(O)C1CCCC1)C(=O)O. The Morgan fingerprint density at radius 3 is 2.46 bits per heavy atom. The lowest BCUT2D eigenvalue weighted by Gasteiger charge is -2.29. The summed E-state index contributed by atoms with van der Waals surface area (Å²) in [5.41, 5.74) is 5.17. The second kappa shape index (κ2) is 10.3. The summed E-state index contributed by atoms with van der Waals surface area (Å²) in [6.45, 7) is 0.720.